The van der Waals surface area contributed by atoms with Crippen molar-refractivity contribution in [3.63, 3.8) is 0 Å². The maximum absolute atomic E-state index is 13.7. The minimum atomic E-state index is -1.34. The number of benzene rings is 1. The molecule has 1 aromatic carbocycles. The summed E-state index contributed by atoms with van der Waals surface area (Å²) in [6, 6.07) is 4.55. The Morgan fingerprint density at radius 2 is 1.11 bits per heavy atom. The molecular weight excluding hydrogens is 682 g/mol. The fourth-order valence-electron chi connectivity index (χ4n) is 5.88. The number of hydrogen-bond acceptors (Lipinski definition) is 8. The van der Waals surface area contributed by atoms with Crippen LogP contribution >= 0.6 is 0 Å². The number of carbonyl (C=O) groups excluding carboxylic acids is 5. The zero-order chi connectivity index (χ0) is 40.2. The SMILES string of the molecule is CCCC[C@H](NC(=O)[C@H](Cc1ccccc1)NC(=O)CC(C)C)C(=O)N[C@H](CC(C)C)[C@H](O)CC(=O)N[C@@H](C)C(=O)N[C@H](CC(C)C)[C@H](O)CC(=O)O. The Bertz CT molecular complexity index is 1310. The van der Waals surface area contributed by atoms with E-state index in [2.05, 4.69) is 26.6 Å². The van der Waals surface area contributed by atoms with E-state index in [1.165, 1.54) is 6.92 Å². The van der Waals surface area contributed by atoms with E-state index in [-0.39, 0.29) is 36.5 Å². The van der Waals surface area contributed by atoms with Gasteiger partial charge in [-0.25, -0.2) is 0 Å². The molecule has 14 nitrogen and oxygen atoms in total. The molecule has 0 aromatic heterocycles. The largest absolute Gasteiger partial charge is 0.481 e. The molecule has 14 heteroatoms. The second kappa shape index (κ2) is 24.3. The number of hydrogen-bond donors (Lipinski definition) is 8. The fraction of sp³-hybridized carbons (Fsp3) is 0.692. The highest BCUT2D eigenvalue weighted by Gasteiger charge is 2.32. The van der Waals surface area contributed by atoms with Crippen LogP contribution in [0.1, 0.15) is 112 Å². The van der Waals surface area contributed by atoms with Crippen LogP contribution in [0.2, 0.25) is 0 Å². The standard InChI is InChI=1S/C39H65N5O9/c1-9-10-16-28(42-39(53)31(41-34(47)19-25(6)7)20-27-14-12-11-13-15-27)38(52)44-29(17-23(2)3)32(45)21-35(48)40-26(8)37(51)43-30(18-24(4)5)33(46)22-36(49)50/h11-15,23-26,28-33,45-46H,9-10,16-22H2,1-8H3,(H,40,48)(H,41,47)(H,42,53)(H,43,51)(H,44,52)(H,49,50)/t26-,28-,29+,30+,31-,32+,33+/m0/s1. The topological polar surface area (TPSA) is 223 Å². The lowest BCUT2D eigenvalue weighted by Crippen LogP contribution is -2.57. The molecule has 1 aromatic rings. The number of nitrogens with one attached hydrogen (secondary N) is 5. The lowest BCUT2D eigenvalue weighted by atomic mass is 9.96. The molecule has 300 valence electrons. The van der Waals surface area contributed by atoms with Gasteiger partial charge in [0.05, 0.1) is 37.1 Å². The van der Waals surface area contributed by atoms with Crippen molar-refractivity contribution in [2.75, 3.05) is 0 Å². The van der Waals surface area contributed by atoms with Gasteiger partial charge < -0.3 is 41.9 Å². The van der Waals surface area contributed by atoms with E-state index >= 15 is 0 Å². The first-order valence-electron chi connectivity index (χ1n) is 18.9. The van der Waals surface area contributed by atoms with Gasteiger partial charge in [0, 0.05) is 12.8 Å². The van der Waals surface area contributed by atoms with Gasteiger partial charge in [-0.2, -0.15) is 0 Å². The lowest BCUT2D eigenvalue weighted by molar-refractivity contribution is -0.140. The van der Waals surface area contributed by atoms with Gasteiger partial charge in [0.1, 0.15) is 18.1 Å². The molecule has 0 aliphatic carbocycles. The number of carboxylic acid groups (broad SMARTS) is 1. The second-order valence-electron chi connectivity index (χ2n) is 15.3. The Kier molecular flexibility index (Phi) is 21.5. The summed E-state index contributed by atoms with van der Waals surface area (Å²) in [5, 5.41) is 44.3. The molecule has 5 amide bonds. The molecule has 0 aliphatic rings. The normalized spacial score (nSPS) is 15.4. The lowest BCUT2D eigenvalue weighted by Gasteiger charge is -2.29. The summed E-state index contributed by atoms with van der Waals surface area (Å²) in [6.07, 6.45) is -0.910. The predicted molar refractivity (Wildman–Crippen MR) is 202 cm³/mol. The third-order valence-corrected chi connectivity index (χ3v) is 8.59. The summed E-state index contributed by atoms with van der Waals surface area (Å²) in [4.78, 5) is 77.2. The Morgan fingerprint density at radius 3 is 1.62 bits per heavy atom. The van der Waals surface area contributed by atoms with E-state index < -0.39 is 84.9 Å². The van der Waals surface area contributed by atoms with Gasteiger partial charge in [-0.15, -0.1) is 0 Å². The van der Waals surface area contributed by atoms with Crippen LogP contribution in [-0.2, 0) is 35.2 Å². The summed E-state index contributed by atoms with van der Waals surface area (Å²) in [5.41, 5.74) is 0.836. The summed E-state index contributed by atoms with van der Waals surface area (Å²) in [7, 11) is 0. The van der Waals surface area contributed by atoms with Crippen LogP contribution in [0.25, 0.3) is 0 Å². The van der Waals surface area contributed by atoms with Crippen molar-refractivity contribution in [2.24, 2.45) is 17.8 Å². The molecule has 0 radical (unpaired) electrons. The average molecular weight is 748 g/mol. The number of rotatable bonds is 25. The molecule has 1 rings (SSSR count). The Labute approximate surface area is 315 Å². The first-order chi connectivity index (χ1) is 24.8. The fourth-order valence-corrected chi connectivity index (χ4v) is 5.88. The number of carbonyl (C=O) groups is 6. The Balaban J connectivity index is 3.06. The molecule has 0 saturated heterocycles. The van der Waals surface area contributed by atoms with E-state index in [9.17, 15) is 39.0 Å². The predicted octanol–water partition coefficient (Wildman–Crippen LogP) is 2.59. The zero-order valence-electron chi connectivity index (χ0n) is 32.8. The quantitative estimate of drug-likeness (QED) is 0.0735. The smallest absolute Gasteiger partial charge is 0.306 e. The number of carboxylic acids is 1. The molecule has 0 bridgehead atoms. The average Bonchev–Trinajstić information content (AvgIpc) is 3.04. The first-order valence-corrected chi connectivity index (χ1v) is 18.9. The van der Waals surface area contributed by atoms with Crippen LogP contribution in [-0.4, -0.2) is 93.2 Å². The molecule has 0 aliphatic heterocycles. The number of aliphatic hydroxyl groups excluding tert-OH is 2. The van der Waals surface area contributed by atoms with Crippen molar-refractivity contribution >= 4 is 35.5 Å². The van der Waals surface area contributed by atoms with E-state index in [0.29, 0.717) is 25.7 Å². The van der Waals surface area contributed by atoms with Gasteiger partial charge in [0.15, 0.2) is 0 Å². The highest BCUT2D eigenvalue weighted by Crippen LogP contribution is 2.15. The molecule has 0 fully saturated rings. The number of amides is 5. The molecule has 53 heavy (non-hydrogen) atoms. The van der Waals surface area contributed by atoms with E-state index in [0.717, 1.165) is 12.0 Å². The third kappa shape index (κ3) is 19.6. The van der Waals surface area contributed by atoms with Crippen LogP contribution in [0.5, 0.6) is 0 Å². The minimum absolute atomic E-state index is 0.00735. The Hall–Kier alpha value is -4.04. The van der Waals surface area contributed by atoms with Gasteiger partial charge in [-0.05, 0) is 49.5 Å². The van der Waals surface area contributed by atoms with Gasteiger partial charge in [0.25, 0.3) is 0 Å². The van der Waals surface area contributed by atoms with Crippen LogP contribution < -0.4 is 26.6 Å². The van der Waals surface area contributed by atoms with Crippen LogP contribution in [0.3, 0.4) is 0 Å². The number of aliphatic carboxylic acids is 1. The molecule has 0 saturated carbocycles. The second-order valence-corrected chi connectivity index (χ2v) is 15.3. The van der Waals surface area contributed by atoms with Crippen molar-refractivity contribution in [1.82, 2.24) is 26.6 Å². The molecule has 7 atom stereocenters. The molecular formula is C39H65N5O9. The van der Waals surface area contributed by atoms with E-state index in [1.807, 2.05) is 78.8 Å². The molecule has 0 unspecified atom stereocenters. The number of aliphatic hydroxyl groups is 2. The van der Waals surface area contributed by atoms with Crippen molar-refractivity contribution < 1.29 is 44.1 Å². The maximum atomic E-state index is 13.7. The van der Waals surface area contributed by atoms with Gasteiger partial charge in [-0.1, -0.05) is 91.6 Å². The van der Waals surface area contributed by atoms with Crippen molar-refractivity contribution in [2.45, 2.75) is 156 Å². The van der Waals surface area contributed by atoms with Crippen molar-refractivity contribution in [1.29, 1.82) is 0 Å². The highest BCUT2D eigenvalue weighted by molar-refractivity contribution is 5.92. The summed E-state index contributed by atoms with van der Waals surface area (Å²) >= 11 is 0. The molecule has 8 N–H and O–H groups in total. The third-order valence-electron chi connectivity index (χ3n) is 8.59. The van der Waals surface area contributed by atoms with Crippen LogP contribution in [0, 0.1) is 17.8 Å². The van der Waals surface area contributed by atoms with E-state index in [1.54, 1.807) is 0 Å². The van der Waals surface area contributed by atoms with Crippen LogP contribution in [0.15, 0.2) is 30.3 Å². The zero-order valence-corrected chi connectivity index (χ0v) is 32.8. The minimum Gasteiger partial charge on any atom is -0.481 e. The highest BCUT2D eigenvalue weighted by atomic mass is 16.4. The van der Waals surface area contributed by atoms with Gasteiger partial charge in [-0.3, -0.25) is 28.8 Å². The first kappa shape index (κ1) is 47.0. The van der Waals surface area contributed by atoms with Gasteiger partial charge >= 0.3 is 5.97 Å². The van der Waals surface area contributed by atoms with Crippen molar-refractivity contribution in [3.8, 4) is 0 Å². The van der Waals surface area contributed by atoms with Crippen LogP contribution in [0.4, 0.5) is 0 Å². The summed E-state index contributed by atoms with van der Waals surface area (Å²) in [5.74, 6) is -3.70. The maximum Gasteiger partial charge on any atom is 0.306 e. The van der Waals surface area contributed by atoms with Gasteiger partial charge in [0.2, 0.25) is 29.5 Å². The Morgan fingerprint density at radius 1 is 0.604 bits per heavy atom. The monoisotopic (exact) mass is 747 g/mol. The molecule has 0 spiro atoms. The number of unbranched alkanes of at least 4 members (excludes halogenated alkanes) is 1. The van der Waals surface area contributed by atoms with E-state index in [4.69, 9.17) is 5.11 Å². The summed E-state index contributed by atoms with van der Waals surface area (Å²) in [6.45, 7) is 14.7. The summed E-state index contributed by atoms with van der Waals surface area (Å²) < 4.78 is 0. The van der Waals surface area contributed by atoms with Crippen molar-refractivity contribution in [3.05, 3.63) is 35.9 Å². The molecule has 0 heterocycles.